The lowest BCUT2D eigenvalue weighted by molar-refractivity contribution is 0.103. The molecule has 2 rings (SSSR count). The van der Waals surface area contributed by atoms with Gasteiger partial charge in [0.15, 0.2) is 0 Å². The summed E-state index contributed by atoms with van der Waals surface area (Å²) in [5, 5.41) is 8.40. The van der Waals surface area contributed by atoms with Crippen LogP contribution in [0, 0.1) is 0 Å². The Hall–Kier alpha value is -2.54. The summed E-state index contributed by atoms with van der Waals surface area (Å²) in [7, 11) is 0. The van der Waals surface area contributed by atoms with E-state index in [4.69, 9.17) is 5.73 Å². The van der Waals surface area contributed by atoms with Crippen LogP contribution >= 0.6 is 11.3 Å². The van der Waals surface area contributed by atoms with E-state index in [1.165, 1.54) is 11.3 Å². The van der Waals surface area contributed by atoms with Crippen LogP contribution in [0.5, 0.6) is 0 Å². The first-order chi connectivity index (χ1) is 11.5. The van der Waals surface area contributed by atoms with E-state index < -0.39 is 0 Å². The lowest BCUT2D eigenvalue weighted by Crippen LogP contribution is -2.39. The fourth-order valence-corrected chi connectivity index (χ4v) is 2.78. The molecule has 0 bridgehead atoms. The first kappa shape index (κ1) is 17.8. The molecule has 0 fully saturated rings. The molecule has 1 heterocycles. The third-order valence-corrected chi connectivity index (χ3v) is 4.59. The average Bonchev–Trinajstić information content (AvgIpc) is 3.04. The molecule has 0 spiro atoms. The van der Waals surface area contributed by atoms with E-state index in [0.717, 1.165) is 11.3 Å². The predicted octanol–water partition coefficient (Wildman–Crippen LogP) is 3.18. The minimum atomic E-state index is -0.215. The smallest absolute Gasteiger partial charge is 0.315 e. The largest absolute Gasteiger partial charge is 0.397 e. The number of anilines is 2. The van der Waals surface area contributed by atoms with Crippen LogP contribution in [-0.2, 0) is 6.54 Å². The van der Waals surface area contributed by atoms with Crippen molar-refractivity contribution in [1.82, 2.24) is 10.6 Å². The Morgan fingerprint density at radius 3 is 2.67 bits per heavy atom. The summed E-state index contributed by atoms with van der Waals surface area (Å²) in [6.45, 7) is 4.34. The zero-order valence-electron chi connectivity index (χ0n) is 13.8. The summed E-state index contributed by atoms with van der Waals surface area (Å²) < 4.78 is 0. The number of nitrogens with one attached hydrogen (secondary N) is 3. The van der Waals surface area contributed by atoms with Gasteiger partial charge < -0.3 is 21.7 Å². The van der Waals surface area contributed by atoms with Gasteiger partial charge in [0.05, 0.1) is 22.8 Å². The van der Waals surface area contributed by atoms with Gasteiger partial charge in [-0.1, -0.05) is 19.1 Å². The van der Waals surface area contributed by atoms with E-state index >= 15 is 0 Å². The molecule has 6 nitrogen and oxygen atoms in total. The number of thiophene rings is 1. The van der Waals surface area contributed by atoms with Gasteiger partial charge in [-0.25, -0.2) is 4.79 Å². The molecule has 0 aliphatic carbocycles. The van der Waals surface area contributed by atoms with Crippen molar-refractivity contribution in [1.29, 1.82) is 0 Å². The van der Waals surface area contributed by atoms with Gasteiger partial charge in [-0.05, 0) is 37.6 Å². The molecule has 1 aromatic carbocycles. The number of urea groups is 1. The highest BCUT2D eigenvalue weighted by Crippen LogP contribution is 2.21. The molecule has 1 unspecified atom stereocenters. The number of rotatable bonds is 6. The van der Waals surface area contributed by atoms with Crippen molar-refractivity contribution < 1.29 is 9.59 Å². The standard InChI is InChI=1S/C17H22N4O2S/c1-3-11(2)20-17(23)19-10-12-8-9-15(24-12)16(22)21-14-7-5-4-6-13(14)18/h4-9,11H,3,10,18H2,1-2H3,(H,21,22)(H2,19,20,23). The van der Waals surface area contributed by atoms with E-state index in [1.807, 2.05) is 32.0 Å². The Kier molecular flexibility index (Phi) is 6.20. The Morgan fingerprint density at radius 2 is 1.96 bits per heavy atom. The summed E-state index contributed by atoms with van der Waals surface area (Å²) in [6, 6.07) is 10.6. The number of para-hydroxylation sites is 2. The van der Waals surface area contributed by atoms with Gasteiger partial charge in [-0.3, -0.25) is 4.79 Å². The summed E-state index contributed by atoms with van der Waals surface area (Å²) in [4.78, 5) is 25.4. The zero-order valence-corrected chi connectivity index (χ0v) is 14.6. The number of amides is 3. The van der Waals surface area contributed by atoms with E-state index in [2.05, 4.69) is 16.0 Å². The Labute approximate surface area is 145 Å². The summed E-state index contributed by atoms with van der Waals surface area (Å²) >= 11 is 1.34. The normalized spacial score (nSPS) is 11.6. The molecule has 0 aliphatic heterocycles. The maximum absolute atomic E-state index is 12.2. The number of carbonyl (C=O) groups excluding carboxylic acids is 2. The molecule has 0 aliphatic rings. The van der Waals surface area contributed by atoms with Crippen molar-refractivity contribution in [2.75, 3.05) is 11.1 Å². The number of hydrogen-bond acceptors (Lipinski definition) is 4. The maximum atomic E-state index is 12.2. The summed E-state index contributed by atoms with van der Waals surface area (Å²) in [5.41, 5.74) is 6.92. The molecule has 3 amide bonds. The van der Waals surface area contributed by atoms with Crippen molar-refractivity contribution >= 4 is 34.6 Å². The Bertz CT molecular complexity index is 714. The zero-order chi connectivity index (χ0) is 17.5. The highest BCUT2D eigenvalue weighted by atomic mass is 32.1. The van der Waals surface area contributed by atoms with Crippen molar-refractivity contribution in [3.63, 3.8) is 0 Å². The molecule has 1 atom stereocenters. The number of carbonyl (C=O) groups is 2. The van der Waals surface area contributed by atoms with Crippen LogP contribution in [0.4, 0.5) is 16.2 Å². The summed E-state index contributed by atoms with van der Waals surface area (Å²) in [6.07, 6.45) is 0.874. The van der Waals surface area contributed by atoms with E-state index in [1.54, 1.807) is 18.2 Å². The van der Waals surface area contributed by atoms with E-state index in [-0.39, 0.29) is 18.0 Å². The lowest BCUT2D eigenvalue weighted by atomic mass is 10.2. The topological polar surface area (TPSA) is 96.2 Å². The van der Waals surface area contributed by atoms with Crippen LogP contribution in [0.25, 0.3) is 0 Å². The van der Waals surface area contributed by atoms with Crippen molar-refractivity contribution in [2.45, 2.75) is 32.9 Å². The second kappa shape index (κ2) is 8.35. The molecular weight excluding hydrogens is 324 g/mol. The molecular formula is C17H22N4O2S. The maximum Gasteiger partial charge on any atom is 0.315 e. The van der Waals surface area contributed by atoms with Gasteiger partial charge in [-0.2, -0.15) is 0 Å². The Morgan fingerprint density at radius 1 is 1.21 bits per heavy atom. The van der Waals surface area contributed by atoms with Gasteiger partial charge in [0.2, 0.25) is 0 Å². The highest BCUT2D eigenvalue weighted by Gasteiger charge is 2.11. The van der Waals surface area contributed by atoms with Crippen LogP contribution in [0.2, 0.25) is 0 Å². The monoisotopic (exact) mass is 346 g/mol. The van der Waals surface area contributed by atoms with Gasteiger partial charge in [-0.15, -0.1) is 11.3 Å². The number of benzene rings is 1. The van der Waals surface area contributed by atoms with Crippen molar-refractivity contribution in [2.24, 2.45) is 0 Å². The number of nitrogen functional groups attached to an aromatic ring is 1. The average molecular weight is 346 g/mol. The van der Waals surface area contributed by atoms with Gasteiger partial charge in [0.1, 0.15) is 0 Å². The first-order valence-corrected chi connectivity index (χ1v) is 8.60. The fraction of sp³-hybridized carbons (Fsp3) is 0.294. The highest BCUT2D eigenvalue weighted by molar-refractivity contribution is 7.14. The lowest BCUT2D eigenvalue weighted by Gasteiger charge is -2.11. The van der Waals surface area contributed by atoms with Crippen LogP contribution in [-0.4, -0.2) is 18.0 Å². The van der Waals surface area contributed by atoms with Crippen LogP contribution in [0.1, 0.15) is 34.8 Å². The van der Waals surface area contributed by atoms with E-state index in [9.17, 15) is 9.59 Å². The van der Waals surface area contributed by atoms with Gasteiger partial charge in [0.25, 0.3) is 5.91 Å². The second-order valence-corrected chi connectivity index (χ2v) is 6.61. The molecule has 0 saturated heterocycles. The minimum Gasteiger partial charge on any atom is -0.397 e. The van der Waals surface area contributed by atoms with Crippen LogP contribution in [0.15, 0.2) is 36.4 Å². The second-order valence-electron chi connectivity index (χ2n) is 5.44. The molecule has 0 saturated carbocycles. The predicted molar refractivity (Wildman–Crippen MR) is 98.3 cm³/mol. The van der Waals surface area contributed by atoms with Gasteiger partial charge >= 0.3 is 6.03 Å². The molecule has 24 heavy (non-hydrogen) atoms. The molecule has 1 aromatic heterocycles. The van der Waals surface area contributed by atoms with Crippen LogP contribution in [0.3, 0.4) is 0 Å². The third-order valence-electron chi connectivity index (χ3n) is 3.51. The van der Waals surface area contributed by atoms with Crippen LogP contribution < -0.4 is 21.7 Å². The molecule has 5 N–H and O–H groups in total. The molecule has 2 aromatic rings. The van der Waals surface area contributed by atoms with Gasteiger partial charge in [0, 0.05) is 10.9 Å². The van der Waals surface area contributed by atoms with E-state index in [0.29, 0.717) is 22.8 Å². The first-order valence-electron chi connectivity index (χ1n) is 7.78. The SMILES string of the molecule is CCC(C)NC(=O)NCc1ccc(C(=O)Nc2ccccc2N)s1. The molecule has 0 radical (unpaired) electrons. The molecule has 7 heteroatoms. The minimum absolute atomic E-state index is 0.131. The summed E-state index contributed by atoms with van der Waals surface area (Å²) in [5.74, 6) is -0.215. The number of nitrogens with two attached hydrogens (primary N) is 1. The Balaban J connectivity index is 1.89. The van der Waals surface area contributed by atoms with Crippen molar-refractivity contribution in [3.8, 4) is 0 Å². The third kappa shape index (κ3) is 4.99. The fourth-order valence-electron chi connectivity index (χ4n) is 1.93. The van der Waals surface area contributed by atoms with Crippen molar-refractivity contribution in [3.05, 3.63) is 46.2 Å². The number of hydrogen-bond donors (Lipinski definition) is 4. The quantitative estimate of drug-likeness (QED) is 0.605. The molecule has 128 valence electrons.